The number of hydrogen-bond donors (Lipinski definition) is 0. The molecule has 1 heterocycles. The Kier molecular flexibility index (Phi) is 2.27. The van der Waals surface area contributed by atoms with Gasteiger partial charge in [-0.2, -0.15) is 0 Å². The fourth-order valence-corrected chi connectivity index (χ4v) is 1.45. The van der Waals surface area contributed by atoms with Gasteiger partial charge in [-0.3, -0.25) is 9.97 Å². The van der Waals surface area contributed by atoms with E-state index in [1.54, 1.807) is 18.6 Å². The fraction of sp³-hybridized carbons (Fsp3) is 0.167. The Morgan fingerprint density at radius 3 is 2.64 bits per heavy atom. The number of aryl methyl sites for hydroxylation is 2. The minimum atomic E-state index is 0.939. The van der Waals surface area contributed by atoms with Crippen molar-refractivity contribution in [1.82, 2.24) is 9.97 Å². The van der Waals surface area contributed by atoms with E-state index in [0.29, 0.717) is 0 Å². The van der Waals surface area contributed by atoms with Gasteiger partial charge in [0.2, 0.25) is 0 Å². The average Bonchev–Trinajstić information content (AvgIpc) is 2.23. The Balaban J connectivity index is 2.57. The van der Waals surface area contributed by atoms with Crippen LogP contribution in [0.25, 0.3) is 11.3 Å². The van der Waals surface area contributed by atoms with E-state index in [4.69, 9.17) is 0 Å². The zero-order chi connectivity index (χ0) is 9.97. The lowest BCUT2D eigenvalue weighted by molar-refractivity contribution is 1.20. The van der Waals surface area contributed by atoms with Crippen LogP contribution in [0.5, 0.6) is 0 Å². The molecule has 0 spiro atoms. The van der Waals surface area contributed by atoms with Gasteiger partial charge in [0.05, 0.1) is 11.9 Å². The van der Waals surface area contributed by atoms with Gasteiger partial charge < -0.3 is 0 Å². The van der Waals surface area contributed by atoms with Crippen LogP contribution in [0.3, 0.4) is 0 Å². The molecule has 0 saturated heterocycles. The molecule has 0 N–H and O–H groups in total. The van der Waals surface area contributed by atoms with E-state index in [1.807, 2.05) is 0 Å². The Morgan fingerprint density at radius 2 is 1.93 bits per heavy atom. The van der Waals surface area contributed by atoms with E-state index < -0.39 is 0 Å². The van der Waals surface area contributed by atoms with Crippen molar-refractivity contribution in [3.63, 3.8) is 0 Å². The molecule has 0 unspecified atom stereocenters. The summed E-state index contributed by atoms with van der Waals surface area (Å²) in [5, 5.41) is 0. The molecule has 2 nitrogen and oxygen atoms in total. The van der Waals surface area contributed by atoms with E-state index in [1.165, 1.54) is 11.1 Å². The first-order valence-electron chi connectivity index (χ1n) is 4.61. The normalized spacial score (nSPS) is 10.1. The summed E-state index contributed by atoms with van der Waals surface area (Å²) in [7, 11) is 0. The fourth-order valence-electron chi connectivity index (χ4n) is 1.45. The van der Waals surface area contributed by atoms with Crippen molar-refractivity contribution >= 4 is 0 Å². The Bertz CT molecular complexity index is 435. The molecule has 0 aliphatic carbocycles. The van der Waals surface area contributed by atoms with Crippen LogP contribution in [0.15, 0.2) is 36.8 Å². The molecular formula is C12H12N2. The summed E-state index contributed by atoms with van der Waals surface area (Å²) in [6.45, 7) is 4.17. The van der Waals surface area contributed by atoms with Crippen molar-refractivity contribution < 1.29 is 0 Å². The second-order valence-corrected chi connectivity index (χ2v) is 3.41. The first-order valence-corrected chi connectivity index (χ1v) is 4.61. The molecule has 0 amide bonds. The van der Waals surface area contributed by atoms with Crippen molar-refractivity contribution in [3.8, 4) is 11.3 Å². The standard InChI is InChI=1S/C12H12N2/c1-9-3-4-10(2)11(7-9)12-8-13-5-6-14-12/h3-8H,1-2H3. The van der Waals surface area contributed by atoms with Gasteiger partial charge in [0, 0.05) is 18.0 Å². The average molecular weight is 184 g/mol. The lowest BCUT2D eigenvalue weighted by Gasteiger charge is -2.05. The molecule has 1 aromatic carbocycles. The van der Waals surface area contributed by atoms with Crippen LogP contribution in [-0.2, 0) is 0 Å². The van der Waals surface area contributed by atoms with E-state index in [-0.39, 0.29) is 0 Å². The van der Waals surface area contributed by atoms with E-state index in [2.05, 4.69) is 42.0 Å². The third kappa shape index (κ3) is 1.64. The summed E-state index contributed by atoms with van der Waals surface area (Å²) >= 11 is 0. The molecule has 14 heavy (non-hydrogen) atoms. The lowest BCUT2D eigenvalue weighted by Crippen LogP contribution is -1.88. The second kappa shape index (κ2) is 3.58. The monoisotopic (exact) mass is 184 g/mol. The highest BCUT2D eigenvalue weighted by Crippen LogP contribution is 2.21. The molecule has 0 aliphatic rings. The number of rotatable bonds is 1. The molecular weight excluding hydrogens is 172 g/mol. The van der Waals surface area contributed by atoms with Gasteiger partial charge in [-0.1, -0.05) is 17.7 Å². The van der Waals surface area contributed by atoms with Gasteiger partial charge in [0.25, 0.3) is 0 Å². The van der Waals surface area contributed by atoms with Gasteiger partial charge in [-0.05, 0) is 25.5 Å². The molecule has 0 atom stereocenters. The predicted molar refractivity (Wildman–Crippen MR) is 56.9 cm³/mol. The van der Waals surface area contributed by atoms with Crippen LogP contribution in [-0.4, -0.2) is 9.97 Å². The minimum Gasteiger partial charge on any atom is -0.261 e. The molecule has 2 aromatic rings. The van der Waals surface area contributed by atoms with Crippen LogP contribution in [0.1, 0.15) is 11.1 Å². The first kappa shape index (κ1) is 8.88. The summed E-state index contributed by atoms with van der Waals surface area (Å²) in [5.41, 5.74) is 4.58. The zero-order valence-electron chi connectivity index (χ0n) is 8.36. The smallest absolute Gasteiger partial charge is 0.0887 e. The third-order valence-electron chi connectivity index (χ3n) is 2.23. The molecule has 2 rings (SSSR count). The highest BCUT2D eigenvalue weighted by molar-refractivity contribution is 5.63. The van der Waals surface area contributed by atoms with Gasteiger partial charge in [0.15, 0.2) is 0 Å². The highest BCUT2D eigenvalue weighted by Gasteiger charge is 2.02. The molecule has 0 radical (unpaired) electrons. The number of hydrogen-bond acceptors (Lipinski definition) is 2. The Hall–Kier alpha value is -1.70. The number of nitrogens with zero attached hydrogens (tertiary/aromatic N) is 2. The topological polar surface area (TPSA) is 25.8 Å². The Labute approximate surface area is 83.7 Å². The Morgan fingerprint density at radius 1 is 1.07 bits per heavy atom. The van der Waals surface area contributed by atoms with Gasteiger partial charge in [-0.25, -0.2) is 0 Å². The van der Waals surface area contributed by atoms with Crippen molar-refractivity contribution in [2.24, 2.45) is 0 Å². The summed E-state index contributed by atoms with van der Waals surface area (Å²) < 4.78 is 0. The van der Waals surface area contributed by atoms with Gasteiger partial charge >= 0.3 is 0 Å². The molecule has 0 bridgehead atoms. The molecule has 2 heteroatoms. The predicted octanol–water partition coefficient (Wildman–Crippen LogP) is 2.76. The van der Waals surface area contributed by atoms with Crippen LogP contribution < -0.4 is 0 Å². The quantitative estimate of drug-likeness (QED) is 0.681. The van der Waals surface area contributed by atoms with Crippen LogP contribution >= 0.6 is 0 Å². The van der Waals surface area contributed by atoms with Gasteiger partial charge in [-0.15, -0.1) is 0 Å². The van der Waals surface area contributed by atoms with E-state index in [0.717, 1.165) is 11.3 Å². The van der Waals surface area contributed by atoms with E-state index >= 15 is 0 Å². The number of benzene rings is 1. The summed E-state index contributed by atoms with van der Waals surface area (Å²) in [5.74, 6) is 0. The SMILES string of the molecule is Cc1ccc(C)c(-c2cnccn2)c1. The van der Waals surface area contributed by atoms with Crippen molar-refractivity contribution in [1.29, 1.82) is 0 Å². The molecule has 1 aromatic heterocycles. The highest BCUT2D eigenvalue weighted by atomic mass is 14.8. The maximum Gasteiger partial charge on any atom is 0.0887 e. The lowest BCUT2D eigenvalue weighted by atomic mass is 10.0. The maximum absolute atomic E-state index is 4.29. The summed E-state index contributed by atoms with van der Waals surface area (Å²) in [4.78, 5) is 8.36. The number of aromatic nitrogens is 2. The van der Waals surface area contributed by atoms with Crippen LogP contribution in [0, 0.1) is 13.8 Å². The summed E-state index contributed by atoms with van der Waals surface area (Å²) in [6.07, 6.45) is 5.20. The van der Waals surface area contributed by atoms with Crippen LogP contribution in [0.4, 0.5) is 0 Å². The van der Waals surface area contributed by atoms with Crippen molar-refractivity contribution in [2.75, 3.05) is 0 Å². The first-order chi connectivity index (χ1) is 6.77. The molecule has 0 fully saturated rings. The maximum atomic E-state index is 4.29. The third-order valence-corrected chi connectivity index (χ3v) is 2.23. The molecule has 70 valence electrons. The van der Waals surface area contributed by atoms with Crippen molar-refractivity contribution in [3.05, 3.63) is 47.9 Å². The second-order valence-electron chi connectivity index (χ2n) is 3.41. The van der Waals surface area contributed by atoms with Crippen LogP contribution in [0.2, 0.25) is 0 Å². The van der Waals surface area contributed by atoms with E-state index in [9.17, 15) is 0 Å². The largest absolute Gasteiger partial charge is 0.261 e. The molecule has 0 saturated carbocycles. The van der Waals surface area contributed by atoms with Crippen molar-refractivity contribution in [2.45, 2.75) is 13.8 Å². The zero-order valence-corrected chi connectivity index (χ0v) is 8.36. The summed E-state index contributed by atoms with van der Waals surface area (Å²) in [6, 6.07) is 6.36. The minimum absolute atomic E-state index is 0.939. The molecule has 0 aliphatic heterocycles. The van der Waals surface area contributed by atoms with Gasteiger partial charge in [0.1, 0.15) is 0 Å².